The number of hydrogen-bond acceptors (Lipinski definition) is 2. The lowest BCUT2D eigenvalue weighted by atomic mass is 10.0. The first-order chi connectivity index (χ1) is 7.67. The minimum Gasteiger partial charge on any atom is -0.317 e. The zero-order chi connectivity index (χ0) is 12.0. The largest absolute Gasteiger partial charge is 0.317 e. The summed E-state index contributed by atoms with van der Waals surface area (Å²) in [4.78, 5) is 0. The summed E-state index contributed by atoms with van der Waals surface area (Å²) < 4.78 is 2.04. The van der Waals surface area contributed by atoms with Gasteiger partial charge in [-0.1, -0.05) is 20.3 Å². The van der Waals surface area contributed by atoms with Crippen molar-refractivity contribution in [1.82, 2.24) is 15.1 Å². The molecular formula is C13H25N3. The van der Waals surface area contributed by atoms with Crippen LogP contribution in [0.25, 0.3) is 0 Å². The van der Waals surface area contributed by atoms with E-state index < -0.39 is 0 Å². The molecule has 0 amide bonds. The zero-order valence-electron chi connectivity index (χ0n) is 11.0. The van der Waals surface area contributed by atoms with Crippen molar-refractivity contribution >= 4 is 0 Å². The molecule has 1 rings (SSSR count). The fourth-order valence-corrected chi connectivity index (χ4v) is 1.78. The van der Waals surface area contributed by atoms with Gasteiger partial charge in [0, 0.05) is 12.2 Å². The highest BCUT2D eigenvalue weighted by atomic mass is 15.3. The third kappa shape index (κ3) is 3.97. The van der Waals surface area contributed by atoms with Crippen molar-refractivity contribution in [3.8, 4) is 0 Å². The second-order valence-electron chi connectivity index (χ2n) is 4.67. The Labute approximate surface area is 99.2 Å². The monoisotopic (exact) mass is 223 g/mol. The Hall–Kier alpha value is -0.830. The first-order valence-electron chi connectivity index (χ1n) is 6.42. The van der Waals surface area contributed by atoms with Crippen molar-refractivity contribution in [3.05, 3.63) is 18.0 Å². The van der Waals surface area contributed by atoms with Gasteiger partial charge in [0.05, 0.1) is 5.69 Å². The maximum Gasteiger partial charge on any atom is 0.0627 e. The molecule has 1 unspecified atom stereocenters. The molecule has 0 aliphatic carbocycles. The van der Waals surface area contributed by atoms with E-state index in [9.17, 15) is 0 Å². The Morgan fingerprint density at radius 2 is 2.12 bits per heavy atom. The summed E-state index contributed by atoms with van der Waals surface area (Å²) in [7, 11) is 0. The van der Waals surface area contributed by atoms with Crippen LogP contribution in [0.15, 0.2) is 12.3 Å². The van der Waals surface area contributed by atoms with Crippen LogP contribution in [0.5, 0.6) is 0 Å². The summed E-state index contributed by atoms with van der Waals surface area (Å²) in [5, 5.41) is 8.01. The van der Waals surface area contributed by atoms with Gasteiger partial charge in [0.15, 0.2) is 0 Å². The maximum absolute atomic E-state index is 4.59. The van der Waals surface area contributed by atoms with Crippen molar-refractivity contribution in [3.63, 3.8) is 0 Å². The highest BCUT2D eigenvalue weighted by Crippen LogP contribution is 2.11. The van der Waals surface area contributed by atoms with Gasteiger partial charge in [-0.25, -0.2) is 0 Å². The van der Waals surface area contributed by atoms with E-state index in [1.807, 2.05) is 4.68 Å². The second kappa shape index (κ2) is 6.69. The van der Waals surface area contributed by atoms with Crippen molar-refractivity contribution in [2.24, 2.45) is 5.92 Å². The van der Waals surface area contributed by atoms with Crippen molar-refractivity contribution in [2.45, 2.75) is 46.6 Å². The zero-order valence-corrected chi connectivity index (χ0v) is 11.0. The lowest BCUT2D eigenvalue weighted by Gasteiger charge is -2.13. The molecule has 0 fully saturated rings. The predicted octanol–water partition coefficient (Wildman–Crippen LogP) is 2.64. The Morgan fingerprint density at radius 3 is 2.62 bits per heavy atom. The first kappa shape index (κ1) is 13.2. The molecule has 0 aromatic carbocycles. The van der Waals surface area contributed by atoms with Crippen LogP contribution >= 0.6 is 0 Å². The summed E-state index contributed by atoms with van der Waals surface area (Å²) in [6, 6.07) is 2.61. The van der Waals surface area contributed by atoms with Crippen LogP contribution in [0.2, 0.25) is 0 Å². The van der Waals surface area contributed by atoms with Gasteiger partial charge in [0.2, 0.25) is 0 Å². The number of hydrogen-bond donors (Lipinski definition) is 1. The fourth-order valence-electron chi connectivity index (χ4n) is 1.78. The molecule has 0 radical (unpaired) electrons. The van der Waals surface area contributed by atoms with Gasteiger partial charge in [-0.2, -0.15) is 5.10 Å². The standard InChI is InChI=1S/C13H25N3/c1-5-12(10-14-6-2)9-13-7-8-16(15-13)11(3)4/h7-8,11-12,14H,5-6,9-10H2,1-4H3. The molecule has 92 valence electrons. The van der Waals surface area contributed by atoms with Gasteiger partial charge in [-0.15, -0.1) is 0 Å². The normalized spacial score (nSPS) is 13.3. The van der Waals surface area contributed by atoms with Crippen LogP contribution in [0.1, 0.15) is 45.9 Å². The molecule has 0 aliphatic rings. The van der Waals surface area contributed by atoms with E-state index in [1.54, 1.807) is 0 Å². The number of nitrogens with one attached hydrogen (secondary N) is 1. The molecule has 0 bridgehead atoms. The average molecular weight is 223 g/mol. The molecule has 3 nitrogen and oxygen atoms in total. The second-order valence-corrected chi connectivity index (χ2v) is 4.67. The minimum atomic E-state index is 0.461. The molecule has 0 aliphatic heterocycles. The van der Waals surface area contributed by atoms with Gasteiger partial charge >= 0.3 is 0 Å². The third-order valence-corrected chi connectivity index (χ3v) is 2.95. The molecule has 1 aromatic heterocycles. The molecule has 1 aromatic rings. The summed E-state index contributed by atoms with van der Waals surface area (Å²) in [5.74, 6) is 0.704. The first-order valence-corrected chi connectivity index (χ1v) is 6.42. The van der Waals surface area contributed by atoms with Gasteiger partial charge in [0.25, 0.3) is 0 Å². The highest BCUT2D eigenvalue weighted by molar-refractivity contribution is 5.01. The Balaban J connectivity index is 2.49. The summed E-state index contributed by atoms with van der Waals surface area (Å²) >= 11 is 0. The molecule has 1 atom stereocenters. The number of rotatable bonds is 7. The van der Waals surface area contributed by atoms with E-state index in [1.165, 1.54) is 12.1 Å². The van der Waals surface area contributed by atoms with Crippen molar-refractivity contribution < 1.29 is 0 Å². The van der Waals surface area contributed by atoms with E-state index in [2.05, 4.69) is 50.4 Å². The molecular weight excluding hydrogens is 198 g/mol. The summed E-state index contributed by atoms with van der Waals surface area (Å²) in [5.41, 5.74) is 1.22. The van der Waals surface area contributed by atoms with Crippen molar-refractivity contribution in [2.75, 3.05) is 13.1 Å². The average Bonchev–Trinajstić information content (AvgIpc) is 2.72. The van der Waals surface area contributed by atoms with Gasteiger partial charge in [-0.3, -0.25) is 4.68 Å². The van der Waals surface area contributed by atoms with E-state index >= 15 is 0 Å². The van der Waals surface area contributed by atoms with Crippen LogP contribution in [0.3, 0.4) is 0 Å². The summed E-state index contributed by atoms with van der Waals surface area (Å²) in [6.45, 7) is 10.9. The third-order valence-electron chi connectivity index (χ3n) is 2.95. The number of nitrogens with zero attached hydrogens (tertiary/aromatic N) is 2. The minimum absolute atomic E-state index is 0.461. The summed E-state index contributed by atoms with van der Waals surface area (Å²) in [6.07, 6.45) is 4.38. The molecule has 1 heterocycles. The molecule has 0 spiro atoms. The molecule has 0 saturated heterocycles. The lowest BCUT2D eigenvalue weighted by Crippen LogP contribution is -2.23. The molecule has 16 heavy (non-hydrogen) atoms. The van der Waals surface area contributed by atoms with Crippen molar-refractivity contribution in [1.29, 1.82) is 0 Å². The predicted molar refractivity (Wildman–Crippen MR) is 68.6 cm³/mol. The van der Waals surface area contributed by atoms with Crippen LogP contribution in [-0.4, -0.2) is 22.9 Å². The Bertz CT molecular complexity index is 291. The quantitative estimate of drug-likeness (QED) is 0.770. The van der Waals surface area contributed by atoms with E-state index in [-0.39, 0.29) is 0 Å². The van der Waals surface area contributed by atoms with Gasteiger partial charge in [0.1, 0.15) is 0 Å². The van der Waals surface area contributed by atoms with E-state index in [4.69, 9.17) is 0 Å². The van der Waals surface area contributed by atoms with Crippen LogP contribution in [0, 0.1) is 5.92 Å². The maximum atomic E-state index is 4.59. The van der Waals surface area contributed by atoms with Crippen LogP contribution in [0.4, 0.5) is 0 Å². The topological polar surface area (TPSA) is 29.9 Å². The lowest BCUT2D eigenvalue weighted by molar-refractivity contribution is 0.454. The van der Waals surface area contributed by atoms with E-state index in [0.717, 1.165) is 19.5 Å². The Kier molecular flexibility index (Phi) is 5.53. The van der Waals surface area contributed by atoms with Gasteiger partial charge < -0.3 is 5.32 Å². The fraction of sp³-hybridized carbons (Fsp3) is 0.769. The molecule has 1 N–H and O–H groups in total. The molecule has 3 heteroatoms. The van der Waals surface area contributed by atoms with E-state index in [0.29, 0.717) is 12.0 Å². The highest BCUT2D eigenvalue weighted by Gasteiger charge is 2.09. The van der Waals surface area contributed by atoms with Crippen LogP contribution in [-0.2, 0) is 6.42 Å². The Morgan fingerprint density at radius 1 is 1.38 bits per heavy atom. The number of aromatic nitrogens is 2. The molecule has 0 saturated carbocycles. The van der Waals surface area contributed by atoms with Gasteiger partial charge in [-0.05, 0) is 45.3 Å². The smallest absolute Gasteiger partial charge is 0.0627 e. The van der Waals surface area contributed by atoms with Crippen LogP contribution < -0.4 is 5.32 Å². The SMILES string of the molecule is CCNCC(CC)Cc1ccn(C(C)C)n1.